The van der Waals surface area contributed by atoms with Gasteiger partial charge in [-0.2, -0.15) is 0 Å². The van der Waals surface area contributed by atoms with Gasteiger partial charge in [-0.05, 0) is 19.1 Å². The van der Waals surface area contributed by atoms with E-state index < -0.39 is 11.8 Å². The molecule has 0 saturated carbocycles. The Kier molecular flexibility index (Phi) is 5.01. The minimum atomic E-state index is -0.561. The molecule has 0 bridgehead atoms. The average Bonchev–Trinajstić information content (AvgIpc) is 2.59. The predicted octanol–water partition coefficient (Wildman–Crippen LogP) is 0.990. The zero-order valence-electron chi connectivity index (χ0n) is 13.2. The number of rotatable bonds is 3. The molecule has 2 atom stereocenters. The molecule has 0 spiro atoms. The number of amides is 3. The lowest BCUT2D eigenvalue weighted by molar-refractivity contribution is -0.154. The highest BCUT2D eigenvalue weighted by Crippen LogP contribution is 2.31. The fourth-order valence-electron chi connectivity index (χ4n) is 2.95. The molecule has 6 nitrogen and oxygen atoms in total. The van der Waals surface area contributed by atoms with Crippen LogP contribution in [0.25, 0.3) is 0 Å². The summed E-state index contributed by atoms with van der Waals surface area (Å²) in [6.45, 7) is 3.53. The number of nitrogens with zero attached hydrogens (tertiary/aromatic N) is 2. The summed E-state index contributed by atoms with van der Waals surface area (Å²) < 4.78 is 0. The molecule has 2 aliphatic heterocycles. The van der Waals surface area contributed by atoms with Gasteiger partial charge in [-0.3, -0.25) is 14.4 Å². The van der Waals surface area contributed by atoms with Crippen LogP contribution in [0, 0.1) is 0 Å². The number of halogens is 1. The summed E-state index contributed by atoms with van der Waals surface area (Å²) in [5, 5.41) is 2.94. The van der Waals surface area contributed by atoms with E-state index in [1.54, 1.807) is 15.9 Å². The molecule has 1 aromatic carbocycles. The highest BCUT2D eigenvalue weighted by atomic mass is 35.5. The van der Waals surface area contributed by atoms with Crippen molar-refractivity contribution in [2.45, 2.75) is 23.1 Å². The number of fused-ring (bicyclic) bond motifs is 1. The van der Waals surface area contributed by atoms with E-state index in [1.165, 1.54) is 11.8 Å². The number of thioether (sulfide) groups is 1. The number of carbonyl (C=O) groups excluding carboxylic acids is 3. The minimum Gasteiger partial charge on any atom is -0.346 e. The van der Waals surface area contributed by atoms with Crippen molar-refractivity contribution in [2.75, 3.05) is 26.2 Å². The zero-order chi connectivity index (χ0) is 17.3. The molecule has 8 heteroatoms. The average molecular weight is 368 g/mol. The highest BCUT2D eigenvalue weighted by molar-refractivity contribution is 8.00. The van der Waals surface area contributed by atoms with Crippen LogP contribution in [0.3, 0.4) is 0 Å². The van der Waals surface area contributed by atoms with Crippen LogP contribution in [0.1, 0.15) is 6.92 Å². The summed E-state index contributed by atoms with van der Waals surface area (Å²) in [6, 6.07) is 7.29. The Balaban J connectivity index is 1.63. The maximum absolute atomic E-state index is 12.7. The molecule has 2 saturated heterocycles. The molecule has 2 heterocycles. The van der Waals surface area contributed by atoms with Crippen molar-refractivity contribution in [3.05, 3.63) is 29.3 Å². The Morgan fingerprint density at radius 1 is 1.33 bits per heavy atom. The van der Waals surface area contributed by atoms with Crippen LogP contribution in [-0.4, -0.2) is 65.0 Å². The van der Waals surface area contributed by atoms with Crippen molar-refractivity contribution < 1.29 is 14.4 Å². The van der Waals surface area contributed by atoms with Crippen molar-refractivity contribution in [1.29, 1.82) is 0 Å². The molecule has 2 aliphatic rings. The third-order valence-electron chi connectivity index (χ3n) is 4.24. The zero-order valence-corrected chi connectivity index (χ0v) is 14.8. The summed E-state index contributed by atoms with van der Waals surface area (Å²) in [5.41, 5.74) is 0. The maximum Gasteiger partial charge on any atom is 0.312 e. The van der Waals surface area contributed by atoms with Crippen LogP contribution >= 0.6 is 23.4 Å². The Bertz CT molecular complexity index is 684. The molecule has 2 fully saturated rings. The van der Waals surface area contributed by atoms with Crippen molar-refractivity contribution in [3.63, 3.8) is 0 Å². The normalized spacial score (nSPS) is 22.0. The summed E-state index contributed by atoms with van der Waals surface area (Å²) in [6.07, 6.45) is 0. The van der Waals surface area contributed by atoms with Gasteiger partial charge in [-0.25, -0.2) is 0 Å². The second kappa shape index (κ2) is 7.03. The van der Waals surface area contributed by atoms with Crippen LogP contribution in [0.2, 0.25) is 5.02 Å². The SMILES string of the molecule is C[C@@H](Sc1ccccc1Cl)C(=O)N1CCN2C(=O)C(=O)NC[C@H]2C1. The Morgan fingerprint density at radius 3 is 2.83 bits per heavy atom. The maximum atomic E-state index is 12.7. The molecular formula is C16H18ClN3O3S. The van der Waals surface area contributed by atoms with Gasteiger partial charge in [0.25, 0.3) is 0 Å². The lowest BCUT2D eigenvalue weighted by Crippen LogP contribution is -2.66. The van der Waals surface area contributed by atoms with Gasteiger partial charge in [0.2, 0.25) is 5.91 Å². The molecule has 128 valence electrons. The summed E-state index contributed by atoms with van der Waals surface area (Å²) in [7, 11) is 0. The first-order valence-corrected chi connectivity index (χ1v) is 9.02. The highest BCUT2D eigenvalue weighted by Gasteiger charge is 2.39. The van der Waals surface area contributed by atoms with Crippen LogP contribution in [0.15, 0.2) is 29.2 Å². The third kappa shape index (κ3) is 3.37. The fraction of sp³-hybridized carbons (Fsp3) is 0.438. The summed E-state index contributed by atoms with van der Waals surface area (Å²) >= 11 is 7.58. The van der Waals surface area contributed by atoms with Crippen molar-refractivity contribution in [2.24, 2.45) is 0 Å². The molecule has 1 aromatic rings. The Labute approximate surface area is 149 Å². The van der Waals surface area contributed by atoms with E-state index in [0.717, 1.165) is 4.90 Å². The lowest BCUT2D eigenvalue weighted by atomic mass is 10.1. The topological polar surface area (TPSA) is 69.7 Å². The van der Waals surface area contributed by atoms with Gasteiger partial charge in [0.15, 0.2) is 0 Å². The molecule has 0 aromatic heterocycles. The number of benzene rings is 1. The lowest BCUT2D eigenvalue weighted by Gasteiger charge is -2.43. The van der Waals surface area contributed by atoms with Gasteiger partial charge >= 0.3 is 11.8 Å². The molecule has 0 aliphatic carbocycles. The number of hydrogen-bond donors (Lipinski definition) is 1. The molecule has 1 N–H and O–H groups in total. The minimum absolute atomic E-state index is 0.0175. The van der Waals surface area contributed by atoms with Gasteiger partial charge in [0, 0.05) is 31.1 Å². The molecule has 0 unspecified atom stereocenters. The first kappa shape index (κ1) is 17.1. The summed E-state index contributed by atoms with van der Waals surface area (Å²) in [4.78, 5) is 40.2. The van der Waals surface area contributed by atoms with Gasteiger partial charge in [0.05, 0.1) is 16.3 Å². The fourth-order valence-corrected chi connectivity index (χ4v) is 4.19. The quantitative estimate of drug-likeness (QED) is 0.639. The second-order valence-corrected chi connectivity index (χ2v) is 7.63. The Hall–Kier alpha value is -1.73. The van der Waals surface area contributed by atoms with E-state index in [4.69, 9.17) is 11.6 Å². The van der Waals surface area contributed by atoms with E-state index in [0.29, 0.717) is 31.2 Å². The largest absolute Gasteiger partial charge is 0.346 e. The third-order valence-corrected chi connectivity index (χ3v) is 5.84. The van der Waals surface area contributed by atoms with E-state index in [1.807, 2.05) is 25.1 Å². The first-order valence-electron chi connectivity index (χ1n) is 7.76. The van der Waals surface area contributed by atoms with E-state index >= 15 is 0 Å². The Morgan fingerprint density at radius 2 is 2.08 bits per heavy atom. The number of piperazine rings is 2. The molecule has 3 rings (SSSR count). The van der Waals surface area contributed by atoms with Crippen LogP contribution in [0.5, 0.6) is 0 Å². The van der Waals surface area contributed by atoms with Gasteiger partial charge in [0.1, 0.15) is 0 Å². The number of carbonyl (C=O) groups is 3. The van der Waals surface area contributed by atoms with Crippen LogP contribution in [-0.2, 0) is 14.4 Å². The smallest absolute Gasteiger partial charge is 0.312 e. The van der Waals surface area contributed by atoms with Crippen molar-refractivity contribution in [3.8, 4) is 0 Å². The second-order valence-electron chi connectivity index (χ2n) is 5.84. The van der Waals surface area contributed by atoms with E-state index in [9.17, 15) is 14.4 Å². The van der Waals surface area contributed by atoms with Crippen LogP contribution in [0.4, 0.5) is 0 Å². The molecule has 3 amide bonds. The monoisotopic (exact) mass is 367 g/mol. The van der Waals surface area contributed by atoms with Gasteiger partial charge < -0.3 is 15.1 Å². The van der Waals surface area contributed by atoms with E-state index in [2.05, 4.69) is 5.32 Å². The van der Waals surface area contributed by atoms with E-state index in [-0.39, 0.29) is 17.2 Å². The van der Waals surface area contributed by atoms with Gasteiger partial charge in [-0.15, -0.1) is 11.8 Å². The molecule has 0 radical (unpaired) electrons. The van der Waals surface area contributed by atoms with Crippen LogP contribution < -0.4 is 5.32 Å². The number of nitrogens with one attached hydrogen (secondary N) is 1. The first-order chi connectivity index (χ1) is 11.5. The summed E-state index contributed by atoms with van der Waals surface area (Å²) in [5.74, 6) is -1.05. The predicted molar refractivity (Wildman–Crippen MR) is 91.9 cm³/mol. The standard InChI is InChI=1S/C16H18ClN3O3S/c1-10(24-13-5-3-2-4-12(13)17)15(22)19-6-7-20-11(9-19)8-18-14(21)16(20)23/h2-5,10-11H,6-9H2,1H3,(H,18,21)/t10-,11+/m1/s1. The molecule has 24 heavy (non-hydrogen) atoms. The van der Waals surface area contributed by atoms with Crippen molar-refractivity contribution >= 4 is 41.1 Å². The molecular weight excluding hydrogens is 350 g/mol. The number of hydrogen-bond acceptors (Lipinski definition) is 4. The van der Waals surface area contributed by atoms with Gasteiger partial charge in [-0.1, -0.05) is 23.7 Å². The van der Waals surface area contributed by atoms with Crippen molar-refractivity contribution in [1.82, 2.24) is 15.1 Å².